The average Bonchev–Trinajstić information content (AvgIpc) is 2.37. The molecule has 0 fully saturated rings. The minimum Gasteiger partial charge on any atom is -0.388 e. The number of hydrogen-bond acceptors (Lipinski definition) is 1. The molecule has 21 heavy (non-hydrogen) atoms. The summed E-state index contributed by atoms with van der Waals surface area (Å²) in [7, 11) is 0. The smallest absolute Gasteiger partial charge is 0.388 e. The van der Waals surface area contributed by atoms with Crippen LogP contribution in [0.1, 0.15) is 22.8 Å². The fourth-order valence-electron chi connectivity index (χ4n) is 1.98. The largest absolute Gasteiger partial charge is 0.416 e. The normalized spacial score (nSPS) is 13.2. The molecule has 2 aromatic carbocycles. The van der Waals surface area contributed by atoms with Crippen LogP contribution in [0.25, 0.3) is 0 Å². The van der Waals surface area contributed by atoms with Crippen molar-refractivity contribution in [2.24, 2.45) is 0 Å². The maximum absolute atomic E-state index is 12.7. The van der Waals surface area contributed by atoms with E-state index in [1.807, 2.05) is 0 Å². The first-order chi connectivity index (χ1) is 9.77. The first-order valence-electron chi connectivity index (χ1n) is 6.06. The molecule has 0 saturated carbocycles. The van der Waals surface area contributed by atoms with Crippen LogP contribution < -0.4 is 0 Å². The van der Waals surface area contributed by atoms with Crippen molar-refractivity contribution in [2.75, 3.05) is 0 Å². The van der Waals surface area contributed by atoms with Gasteiger partial charge in [-0.1, -0.05) is 56.1 Å². The molecule has 2 aromatic rings. The van der Waals surface area contributed by atoms with Gasteiger partial charge in [-0.2, -0.15) is 13.2 Å². The van der Waals surface area contributed by atoms with Crippen molar-refractivity contribution in [1.82, 2.24) is 0 Å². The number of benzene rings is 2. The van der Waals surface area contributed by atoms with Crippen molar-refractivity contribution in [1.29, 1.82) is 0 Å². The van der Waals surface area contributed by atoms with E-state index in [0.717, 1.165) is 16.6 Å². The molecule has 0 amide bonds. The van der Waals surface area contributed by atoms with Gasteiger partial charge in [-0.3, -0.25) is 0 Å². The third-order valence-electron chi connectivity index (χ3n) is 3.00. The van der Waals surface area contributed by atoms with Crippen LogP contribution in [0.2, 0.25) is 0 Å². The van der Waals surface area contributed by atoms with Crippen LogP contribution in [-0.2, 0) is 12.6 Å². The van der Waals surface area contributed by atoms with Crippen LogP contribution in [0, 0.1) is 0 Å². The van der Waals surface area contributed by atoms with Gasteiger partial charge in [0.05, 0.1) is 11.7 Å². The van der Waals surface area contributed by atoms with E-state index in [4.69, 9.17) is 0 Å². The summed E-state index contributed by atoms with van der Waals surface area (Å²) in [5.74, 6) is 0. The van der Waals surface area contributed by atoms with Crippen molar-refractivity contribution in [2.45, 2.75) is 18.7 Å². The highest BCUT2D eigenvalue weighted by molar-refractivity contribution is 9.11. The molecule has 0 saturated heterocycles. The van der Waals surface area contributed by atoms with Crippen molar-refractivity contribution in [3.8, 4) is 0 Å². The van der Waals surface area contributed by atoms with E-state index in [-0.39, 0.29) is 6.42 Å². The molecule has 0 bridgehead atoms. The Morgan fingerprint density at radius 1 is 1.05 bits per heavy atom. The van der Waals surface area contributed by atoms with Crippen LogP contribution in [0.5, 0.6) is 0 Å². The highest BCUT2D eigenvalue weighted by Crippen LogP contribution is 2.32. The second-order valence-electron chi connectivity index (χ2n) is 4.58. The van der Waals surface area contributed by atoms with Crippen molar-refractivity contribution >= 4 is 31.9 Å². The molecule has 1 nitrogen and oxygen atoms in total. The topological polar surface area (TPSA) is 20.2 Å². The third-order valence-corrected chi connectivity index (χ3v) is 4.18. The van der Waals surface area contributed by atoms with Crippen LogP contribution in [0.15, 0.2) is 51.4 Å². The van der Waals surface area contributed by atoms with E-state index in [1.54, 1.807) is 24.3 Å². The van der Waals surface area contributed by atoms with Crippen LogP contribution >= 0.6 is 31.9 Å². The van der Waals surface area contributed by atoms with E-state index < -0.39 is 17.8 Å². The molecule has 6 heteroatoms. The number of alkyl halides is 3. The summed E-state index contributed by atoms with van der Waals surface area (Å²) in [5.41, 5.74) is 0.366. The summed E-state index contributed by atoms with van der Waals surface area (Å²) in [6.07, 6.45) is -5.14. The maximum atomic E-state index is 12.7. The van der Waals surface area contributed by atoms with Crippen LogP contribution in [0.3, 0.4) is 0 Å². The monoisotopic (exact) mass is 422 g/mol. The van der Waals surface area contributed by atoms with Gasteiger partial charge in [0.2, 0.25) is 0 Å². The zero-order valence-corrected chi connectivity index (χ0v) is 13.8. The molecular weight excluding hydrogens is 413 g/mol. The van der Waals surface area contributed by atoms with Gasteiger partial charge in [-0.25, -0.2) is 0 Å². The van der Waals surface area contributed by atoms with E-state index in [2.05, 4.69) is 31.9 Å². The Kier molecular flexibility index (Phi) is 5.11. The molecule has 0 aliphatic rings. The van der Waals surface area contributed by atoms with Crippen LogP contribution in [0.4, 0.5) is 13.2 Å². The van der Waals surface area contributed by atoms with Gasteiger partial charge in [0.25, 0.3) is 0 Å². The summed E-state index contributed by atoms with van der Waals surface area (Å²) >= 11 is 6.64. The summed E-state index contributed by atoms with van der Waals surface area (Å²) in [4.78, 5) is 0. The highest BCUT2D eigenvalue weighted by Gasteiger charge is 2.30. The van der Waals surface area contributed by atoms with Crippen molar-refractivity contribution < 1.29 is 18.3 Å². The number of aliphatic hydroxyl groups excluding tert-OH is 1. The molecule has 112 valence electrons. The number of aliphatic hydroxyl groups is 1. The summed E-state index contributed by atoms with van der Waals surface area (Å²) in [6, 6.07) is 10.3. The molecule has 0 aliphatic carbocycles. The lowest BCUT2D eigenvalue weighted by Crippen LogP contribution is -2.07. The van der Waals surface area contributed by atoms with Crippen molar-refractivity contribution in [3.63, 3.8) is 0 Å². The van der Waals surface area contributed by atoms with Crippen LogP contribution in [-0.4, -0.2) is 5.11 Å². The maximum Gasteiger partial charge on any atom is 0.416 e. The van der Waals surface area contributed by atoms with Gasteiger partial charge < -0.3 is 5.11 Å². The zero-order valence-electron chi connectivity index (χ0n) is 10.7. The minimum absolute atomic E-state index is 0.115. The molecule has 0 radical (unpaired) electrons. The van der Waals surface area contributed by atoms with E-state index in [1.165, 1.54) is 6.07 Å². The molecule has 0 aromatic heterocycles. The number of rotatable bonds is 3. The lowest BCUT2D eigenvalue weighted by molar-refractivity contribution is -0.137. The summed E-state index contributed by atoms with van der Waals surface area (Å²) in [6.45, 7) is 0. The van der Waals surface area contributed by atoms with Gasteiger partial charge in [-0.05, 0) is 29.3 Å². The summed E-state index contributed by atoms with van der Waals surface area (Å²) < 4.78 is 39.5. The summed E-state index contributed by atoms with van der Waals surface area (Å²) in [5, 5.41) is 10.2. The molecular formula is C15H11Br2F3O. The van der Waals surface area contributed by atoms with Gasteiger partial charge in [-0.15, -0.1) is 0 Å². The van der Waals surface area contributed by atoms with Gasteiger partial charge in [0.15, 0.2) is 0 Å². The Balaban J connectivity index is 2.21. The lowest BCUT2D eigenvalue weighted by atomic mass is 10.00. The molecule has 0 spiro atoms. The molecule has 1 atom stereocenters. The predicted molar refractivity (Wildman–Crippen MR) is 81.9 cm³/mol. The standard InChI is InChI=1S/C15H11Br2F3O/c16-11-4-5-12(13(17)8-11)14(21)7-9-2-1-3-10(6-9)15(18,19)20/h1-6,8,14,21H,7H2. The average molecular weight is 424 g/mol. The Morgan fingerprint density at radius 3 is 2.38 bits per heavy atom. The Morgan fingerprint density at radius 2 is 1.76 bits per heavy atom. The fourth-order valence-corrected chi connectivity index (χ4v) is 3.29. The Labute approximate surface area is 137 Å². The molecule has 1 N–H and O–H groups in total. The first-order valence-corrected chi connectivity index (χ1v) is 7.65. The second kappa shape index (κ2) is 6.50. The van der Waals surface area contributed by atoms with E-state index in [9.17, 15) is 18.3 Å². The van der Waals surface area contributed by atoms with Gasteiger partial charge in [0.1, 0.15) is 0 Å². The highest BCUT2D eigenvalue weighted by atomic mass is 79.9. The van der Waals surface area contributed by atoms with Gasteiger partial charge >= 0.3 is 6.18 Å². The number of halogens is 5. The predicted octanol–water partition coefficient (Wildman–Crippen LogP) is 5.51. The molecule has 0 aliphatic heterocycles. The minimum atomic E-state index is -4.38. The Bertz CT molecular complexity index is 641. The fraction of sp³-hybridized carbons (Fsp3) is 0.200. The SMILES string of the molecule is OC(Cc1cccc(C(F)(F)F)c1)c1ccc(Br)cc1Br. The molecule has 2 rings (SSSR count). The van der Waals surface area contributed by atoms with Gasteiger partial charge in [0, 0.05) is 15.4 Å². The second-order valence-corrected chi connectivity index (χ2v) is 6.35. The van der Waals surface area contributed by atoms with E-state index >= 15 is 0 Å². The first kappa shape index (κ1) is 16.5. The quantitative estimate of drug-likeness (QED) is 0.690. The third kappa shape index (κ3) is 4.31. The molecule has 1 unspecified atom stereocenters. The van der Waals surface area contributed by atoms with E-state index in [0.29, 0.717) is 15.6 Å². The molecule has 0 heterocycles. The van der Waals surface area contributed by atoms with Crippen molar-refractivity contribution in [3.05, 3.63) is 68.1 Å². The Hall–Kier alpha value is -0.850. The lowest BCUT2D eigenvalue weighted by Gasteiger charge is -2.14. The zero-order chi connectivity index (χ0) is 15.6. The number of hydrogen-bond donors (Lipinski definition) is 1.